The number of carboxylic acid groups (broad SMARTS) is 1. The molecule has 0 bridgehead atoms. The molecule has 0 aromatic heterocycles. The highest BCUT2D eigenvalue weighted by atomic mass is 32.1. The predicted octanol–water partition coefficient (Wildman–Crippen LogP) is 2.72. The van der Waals surface area contributed by atoms with Crippen molar-refractivity contribution in [1.29, 1.82) is 0 Å². The molecule has 1 aromatic carbocycles. The van der Waals surface area contributed by atoms with E-state index in [4.69, 9.17) is 17.3 Å². The lowest BCUT2D eigenvalue weighted by Gasteiger charge is -2.15. The topological polar surface area (TPSA) is 54.4 Å². The first-order chi connectivity index (χ1) is 8.65. The fraction of sp³-hybridized carbons (Fsp3) is 0.357. The molecule has 2 atom stereocenters. The molecule has 0 unspecified atom stereocenters. The number of hydrogen-bond donors (Lipinski definition) is 1. The number of rotatable bonds is 4. The molecule has 0 radical (unpaired) electrons. The van der Waals surface area contributed by atoms with Crippen LogP contribution in [0.1, 0.15) is 35.2 Å². The molecule has 0 amide bonds. The number of Topliss-reactive ketones (excluding diaryl/α,β-unsaturated/α-hetero) is 1. The number of aliphatic carboxylic acids is 1. The van der Waals surface area contributed by atoms with Gasteiger partial charge in [0.05, 0.1) is 5.92 Å². The SMILES string of the molecule is O=C(c1ccccc1C=S)[C@H]1CCC[C@H]1C(=O)O. The number of benzene rings is 1. The summed E-state index contributed by atoms with van der Waals surface area (Å²) in [4.78, 5) is 23.5. The van der Waals surface area contributed by atoms with Crippen molar-refractivity contribution in [3.63, 3.8) is 0 Å². The molecule has 0 heterocycles. The van der Waals surface area contributed by atoms with Gasteiger partial charge < -0.3 is 5.11 Å². The third-order valence-corrected chi connectivity index (χ3v) is 3.78. The molecule has 4 heteroatoms. The maximum atomic E-state index is 12.4. The second kappa shape index (κ2) is 5.40. The Morgan fingerprint density at radius 1 is 1.22 bits per heavy atom. The van der Waals surface area contributed by atoms with Gasteiger partial charge in [-0.15, -0.1) is 0 Å². The molecule has 94 valence electrons. The van der Waals surface area contributed by atoms with E-state index < -0.39 is 17.8 Å². The molecule has 18 heavy (non-hydrogen) atoms. The van der Waals surface area contributed by atoms with Gasteiger partial charge in [-0.05, 0) is 18.4 Å². The first kappa shape index (κ1) is 12.9. The first-order valence-electron chi connectivity index (χ1n) is 5.96. The Hall–Kier alpha value is -1.55. The zero-order chi connectivity index (χ0) is 13.1. The van der Waals surface area contributed by atoms with E-state index >= 15 is 0 Å². The van der Waals surface area contributed by atoms with Gasteiger partial charge in [0.15, 0.2) is 5.78 Å². The Labute approximate surface area is 111 Å². The summed E-state index contributed by atoms with van der Waals surface area (Å²) in [6.45, 7) is 0. The summed E-state index contributed by atoms with van der Waals surface area (Å²) >= 11 is 4.89. The van der Waals surface area contributed by atoms with Crippen LogP contribution in [0.25, 0.3) is 0 Å². The van der Waals surface area contributed by atoms with Gasteiger partial charge in [-0.1, -0.05) is 42.9 Å². The van der Waals surface area contributed by atoms with Crippen molar-refractivity contribution in [2.24, 2.45) is 11.8 Å². The molecule has 0 spiro atoms. The van der Waals surface area contributed by atoms with Crippen LogP contribution in [0.4, 0.5) is 0 Å². The van der Waals surface area contributed by atoms with Crippen LogP contribution in [0.3, 0.4) is 0 Å². The van der Waals surface area contributed by atoms with E-state index in [0.717, 1.165) is 6.42 Å². The number of thiocarbonyl (C=S) groups is 1. The second-order valence-electron chi connectivity index (χ2n) is 4.55. The largest absolute Gasteiger partial charge is 0.481 e. The number of carbonyl (C=O) groups is 2. The number of hydrogen-bond acceptors (Lipinski definition) is 3. The second-order valence-corrected chi connectivity index (χ2v) is 4.79. The molecule has 1 fully saturated rings. The highest BCUT2D eigenvalue weighted by molar-refractivity contribution is 7.79. The smallest absolute Gasteiger partial charge is 0.307 e. The number of carbonyl (C=O) groups excluding carboxylic acids is 1. The van der Waals surface area contributed by atoms with Crippen LogP contribution in [0.5, 0.6) is 0 Å². The van der Waals surface area contributed by atoms with Gasteiger partial charge in [0.2, 0.25) is 0 Å². The fourth-order valence-electron chi connectivity index (χ4n) is 2.59. The van der Waals surface area contributed by atoms with Crippen molar-refractivity contribution in [3.05, 3.63) is 35.4 Å². The van der Waals surface area contributed by atoms with Crippen LogP contribution in [0.15, 0.2) is 24.3 Å². The minimum absolute atomic E-state index is 0.0865. The Morgan fingerprint density at radius 3 is 2.56 bits per heavy atom. The van der Waals surface area contributed by atoms with Crippen molar-refractivity contribution >= 4 is 29.3 Å². The minimum Gasteiger partial charge on any atom is -0.481 e. The Balaban J connectivity index is 2.31. The van der Waals surface area contributed by atoms with Crippen molar-refractivity contribution in [2.45, 2.75) is 19.3 Å². The highest BCUT2D eigenvalue weighted by Crippen LogP contribution is 2.34. The van der Waals surface area contributed by atoms with E-state index in [9.17, 15) is 9.59 Å². The third kappa shape index (κ3) is 2.34. The summed E-state index contributed by atoms with van der Waals surface area (Å²) in [5.74, 6) is -1.91. The van der Waals surface area contributed by atoms with Crippen LogP contribution in [0.2, 0.25) is 0 Å². The summed E-state index contributed by atoms with van der Waals surface area (Å²) in [7, 11) is 0. The number of ketones is 1. The lowest BCUT2D eigenvalue weighted by molar-refractivity contribution is -0.142. The van der Waals surface area contributed by atoms with E-state index in [-0.39, 0.29) is 5.78 Å². The van der Waals surface area contributed by atoms with Crippen LogP contribution >= 0.6 is 12.2 Å². The molecule has 0 saturated heterocycles. The van der Waals surface area contributed by atoms with Gasteiger partial charge in [0.25, 0.3) is 0 Å². The highest BCUT2D eigenvalue weighted by Gasteiger charge is 2.38. The number of carboxylic acids is 1. The standard InChI is InChI=1S/C14H14O3S/c15-13(10-5-2-1-4-9(10)8-18)11-6-3-7-12(11)14(16)17/h1-2,4-5,8,11-12H,3,6-7H2,(H,16,17)/t11-,12+/m0/s1. The molecule has 3 nitrogen and oxygen atoms in total. The van der Waals surface area contributed by atoms with Crippen molar-refractivity contribution in [1.82, 2.24) is 0 Å². The van der Waals surface area contributed by atoms with Crippen molar-refractivity contribution in [2.75, 3.05) is 0 Å². The van der Waals surface area contributed by atoms with Crippen molar-refractivity contribution in [3.8, 4) is 0 Å². The zero-order valence-electron chi connectivity index (χ0n) is 9.83. The quantitative estimate of drug-likeness (QED) is 0.669. The lowest BCUT2D eigenvalue weighted by Crippen LogP contribution is -2.26. The molecule has 0 aliphatic heterocycles. The van der Waals surface area contributed by atoms with Crippen molar-refractivity contribution < 1.29 is 14.7 Å². The summed E-state index contributed by atoms with van der Waals surface area (Å²) in [6, 6.07) is 7.10. The monoisotopic (exact) mass is 262 g/mol. The Morgan fingerprint density at radius 2 is 1.89 bits per heavy atom. The summed E-state index contributed by atoms with van der Waals surface area (Å²) < 4.78 is 0. The Bertz CT molecular complexity index is 496. The van der Waals surface area contributed by atoms with Gasteiger partial charge in [-0.3, -0.25) is 9.59 Å². The molecule has 1 saturated carbocycles. The molecule has 1 aromatic rings. The van der Waals surface area contributed by atoms with Gasteiger partial charge in [0.1, 0.15) is 0 Å². The molecular formula is C14H14O3S. The van der Waals surface area contributed by atoms with Crippen LogP contribution in [0, 0.1) is 11.8 Å². The van der Waals surface area contributed by atoms with E-state index in [2.05, 4.69) is 0 Å². The molecule has 2 rings (SSSR count). The molecule has 1 aliphatic rings. The summed E-state index contributed by atoms with van der Waals surface area (Å²) in [5, 5.41) is 10.6. The van der Waals surface area contributed by atoms with Gasteiger partial charge in [-0.25, -0.2) is 0 Å². The van der Waals surface area contributed by atoms with Crippen LogP contribution < -0.4 is 0 Å². The Kier molecular flexibility index (Phi) is 3.87. The normalized spacial score (nSPS) is 22.7. The summed E-state index contributed by atoms with van der Waals surface area (Å²) in [6.07, 6.45) is 2.04. The van der Waals surface area contributed by atoms with Gasteiger partial charge in [0, 0.05) is 16.8 Å². The molecule has 1 N–H and O–H groups in total. The first-order valence-corrected chi connectivity index (χ1v) is 6.43. The fourth-order valence-corrected chi connectivity index (χ4v) is 2.80. The average Bonchev–Trinajstić information content (AvgIpc) is 2.87. The van der Waals surface area contributed by atoms with E-state index in [0.29, 0.717) is 24.0 Å². The lowest BCUT2D eigenvalue weighted by atomic mass is 9.87. The maximum Gasteiger partial charge on any atom is 0.307 e. The molecule has 1 aliphatic carbocycles. The van der Waals surface area contributed by atoms with Gasteiger partial charge >= 0.3 is 5.97 Å². The third-order valence-electron chi connectivity index (χ3n) is 3.52. The zero-order valence-corrected chi connectivity index (χ0v) is 10.7. The average molecular weight is 262 g/mol. The van der Waals surface area contributed by atoms with E-state index in [1.54, 1.807) is 18.2 Å². The van der Waals surface area contributed by atoms with E-state index in [1.165, 1.54) is 5.37 Å². The van der Waals surface area contributed by atoms with Gasteiger partial charge in [-0.2, -0.15) is 0 Å². The summed E-state index contributed by atoms with van der Waals surface area (Å²) in [5.41, 5.74) is 1.25. The van der Waals surface area contributed by atoms with Crippen LogP contribution in [-0.4, -0.2) is 22.2 Å². The molecular weight excluding hydrogens is 248 g/mol. The van der Waals surface area contributed by atoms with Crippen LogP contribution in [-0.2, 0) is 4.79 Å². The predicted molar refractivity (Wildman–Crippen MR) is 72.0 cm³/mol. The van der Waals surface area contributed by atoms with E-state index in [1.807, 2.05) is 6.07 Å². The minimum atomic E-state index is -0.870. The maximum absolute atomic E-state index is 12.4.